The van der Waals surface area contributed by atoms with Crippen LogP contribution in [-0.2, 0) is 4.74 Å². The molecular weight excluding hydrogens is 302 g/mol. The van der Waals surface area contributed by atoms with E-state index in [1.807, 2.05) is 0 Å². The van der Waals surface area contributed by atoms with Crippen LogP contribution in [-0.4, -0.2) is 35.1 Å². The summed E-state index contributed by atoms with van der Waals surface area (Å²) < 4.78 is 33.6. The number of rotatable bonds is 5. The third-order valence-corrected chi connectivity index (χ3v) is 6.46. The topological polar surface area (TPSA) is 49.7 Å². The first-order valence-electron chi connectivity index (χ1n) is 8.87. The van der Waals surface area contributed by atoms with E-state index in [2.05, 4.69) is 0 Å². The Kier molecular flexibility index (Phi) is 4.30. The third-order valence-electron chi connectivity index (χ3n) is 6.46. The Morgan fingerprint density at radius 3 is 2.22 bits per heavy atom. The molecule has 0 aromatic carbocycles. The first kappa shape index (κ1) is 17.6. The van der Waals surface area contributed by atoms with Gasteiger partial charge < -0.3 is 14.9 Å². The van der Waals surface area contributed by atoms with Crippen LogP contribution in [0.4, 0.5) is 8.78 Å². The van der Waals surface area contributed by atoms with Gasteiger partial charge in [0, 0.05) is 5.41 Å². The van der Waals surface area contributed by atoms with E-state index in [9.17, 15) is 19.0 Å². The molecule has 0 heterocycles. The molecule has 3 nitrogen and oxygen atoms in total. The Labute approximate surface area is 137 Å². The van der Waals surface area contributed by atoms with Crippen LogP contribution in [0, 0.1) is 28.6 Å². The Balaban J connectivity index is 1.57. The first-order valence-corrected chi connectivity index (χ1v) is 8.87. The second-order valence-electron chi connectivity index (χ2n) is 9.38. The normalized spacial score (nSPS) is 41.3. The molecule has 0 radical (unpaired) electrons. The average molecular weight is 332 g/mol. The molecule has 3 atom stereocenters. The summed E-state index contributed by atoms with van der Waals surface area (Å²) in [7, 11) is 0. The Hall–Kier alpha value is -0.260. The molecule has 3 unspecified atom stereocenters. The summed E-state index contributed by atoms with van der Waals surface area (Å²) in [5.41, 5.74) is -1.21. The number of alkyl halides is 2. The summed E-state index contributed by atoms with van der Waals surface area (Å²) in [5, 5.41) is 20.2. The maximum Gasteiger partial charge on any atom is 0.257 e. The second-order valence-corrected chi connectivity index (χ2v) is 9.38. The van der Waals surface area contributed by atoms with Crippen molar-refractivity contribution in [2.45, 2.75) is 77.6 Å². The summed E-state index contributed by atoms with van der Waals surface area (Å²) >= 11 is 0. The van der Waals surface area contributed by atoms with Gasteiger partial charge in [-0.05, 0) is 55.3 Å². The van der Waals surface area contributed by atoms with Gasteiger partial charge in [0.05, 0.1) is 19.1 Å². The number of halogens is 2. The van der Waals surface area contributed by atoms with Crippen molar-refractivity contribution in [3.8, 4) is 0 Å². The summed E-state index contributed by atoms with van der Waals surface area (Å²) in [4.78, 5) is 0. The van der Waals surface area contributed by atoms with Gasteiger partial charge in [-0.2, -0.15) is 0 Å². The Morgan fingerprint density at radius 1 is 1.13 bits per heavy atom. The molecule has 0 spiro atoms. The third kappa shape index (κ3) is 3.29. The molecule has 0 amide bonds. The lowest BCUT2D eigenvalue weighted by Crippen LogP contribution is -2.55. The van der Waals surface area contributed by atoms with Crippen LogP contribution in [0.2, 0.25) is 0 Å². The fourth-order valence-corrected chi connectivity index (χ4v) is 5.20. The highest BCUT2D eigenvalue weighted by atomic mass is 19.3. The van der Waals surface area contributed by atoms with Gasteiger partial charge in [-0.25, -0.2) is 8.78 Å². The van der Waals surface area contributed by atoms with Gasteiger partial charge >= 0.3 is 0 Å². The van der Waals surface area contributed by atoms with Crippen molar-refractivity contribution in [2.75, 3.05) is 6.61 Å². The number of hydrogen-bond donors (Lipinski definition) is 2. The largest absolute Gasteiger partial charge is 0.393 e. The van der Waals surface area contributed by atoms with Gasteiger partial charge in [0.2, 0.25) is 0 Å². The van der Waals surface area contributed by atoms with Crippen LogP contribution in [0.3, 0.4) is 0 Å². The van der Waals surface area contributed by atoms with Crippen LogP contribution in [0.25, 0.3) is 0 Å². The monoisotopic (exact) mass is 332 g/mol. The molecule has 4 bridgehead atoms. The fourth-order valence-electron chi connectivity index (χ4n) is 5.20. The average Bonchev–Trinajstić information content (AvgIpc) is 2.40. The number of aliphatic hydroxyl groups is 2. The van der Waals surface area contributed by atoms with E-state index in [0.29, 0.717) is 24.4 Å². The minimum absolute atomic E-state index is 0.0201. The van der Waals surface area contributed by atoms with E-state index in [1.54, 1.807) is 0 Å². The minimum atomic E-state index is -2.97. The van der Waals surface area contributed by atoms with Gasteiger partial charge in [0.1, 0.15) is 0 Å². The molecule has 0 saturated heterocycles. The van der Waals surface area contributed by atoms with Crippen LogP contribution >= 0.6 is 0 Å². The SMILES string of the molecule is CC(C)(C)C(F)(F)CC(O)OCC12CC3CC(C1)C(O)C(C3)C2. The zero-order chi connectivity index (χ0) is 17.0. The number of ether oxygens (including phenoxy) is 1. The van der Waals surface area contributed by atoms with Crippen molar-refractivity contribution in [1.29, 1.82) is 0 Å². The summed E-state index contributed by atoms with van der Waals surface area (Å²) in [5.74, 6) is -1.67. The van der Waals surface area contributed by atoms with Gasteiger partial charge in [0.15, 0.2) is 6.29 Å². The fraction of sp³-hybridized carbons (Fsp3) is 1.00. The van der Waals surface area contributed by atoms with Crippen molar-refractivity contribution in [1.82, 2.24) is 0 Å². The molecule has 4 fully saturated rings. The lowest BCUT2D eigenvalue weighted by molar-refractivity contribution is -0.217. The molecule has 4 aliphatic carbocycles. The van der Waals surface area contributed by atoms with Crippen molar-refractivity contribution >= 4 is 0 Å². The summed E-state index contributed by atoms with van der Waals surface area (Å²) in [6, 6.07) is 0. The predicted octanol–water partition coefficient (Wildman–Crippen LogP) is 3.58. The van der Waals surface area contributed by atoms with Gasteiger partial charge in [-0.3, -0.25) is 0 Å². The van der Waals surface area contributed by atoms with Crippen LogP contribution in [0.5, 0.6) is 0 Å². The van der Waals surface area contributed by atoms with Crippen molar-refractivity contribution < 1.29 is 23.7 Å². The highest BCUT2D eigenvalue weighted by Gasteiger charge is 2.55. The predicted molar refractivity (Wildman–Crippen MR) is 83.0 cm³/mol. The molecule has 0 aliphatic heterocycles. The number of hydrogen-bond acceptors (Lipinski definition) is 3. The van der Waals surface area contributed by atoms with E-state index in [1.165, 1.54) is 20.8 Å². The van der Waals surface area contributed by atoms with Gasteiger partial charge in [0.25, 0.3) is 5.92 Å². The standard InChI is InChI=1S/C18H30F2O3/c1-16(2,3)18(19,20)9-14(21)23-10-17-6-11-4-12(7-17)15(22)13(5-11)8-17/h11-15,21-22H,4-10H2,1-3H3. The highest BCUT2D eigenvalue weighted by molar-refractivity contribution is 5.05. The zero-order valence-corrected chi connectivity index (χ0v) is 14.4. The molecule has 0 aromatic heterocycles. The van der Waals surface area contributed by atoms with Crippen molar-refractivity contribution in [2.24, 2.45) is 28.6 Å². The number of aliphatic hydroxyl groups excluding tert-OH is 2. The molecule has 2 N–H and O–H groups in total. The van der Waals surface area contributed by atoms with E-state index >= 15 is 0 Å². The first-order chi connectivity index (χ1) is 10.5. The van der Waals surface area contributed by atoms with E-state index in [4.69, 9.17) is 4.74 Å². The van der Waals surface area contributed by atoms with Crippen molar-refractivity contribution in [3.63, 3.8) is 0 Å². The van der Waals surface area contributed by atoms with Crippen LogP contribution < -0.4 is 0 Å². The lowest BCUT2D eigenvalue weighted by Gasteiger charge is -2.58. The van der Waals surface area contributed by atoms with E-state index < -0.39 is 24.0 Å². The maximum absolute atomic E-state index is 14.0. The molecule has 4 rings (SSSR count). The molecule has 23 heavy (non-hydrogen) atoms. The Morgan fingerprint density at radius 2 is 1.70 bits per heavy atom. The quantitative estimate of drug-likeness (QED) is 0.757. The van der Waals surface area contributed by atoms with Crippen LogP contribution in [0.15, 0.2) is 0 Å². The molecule has 4 saturated carbocycles. The molecular formula is C18H30F2O3. The lowest BCUT2D eigenvalue weighted by atomic mass is 9.49. The second kappa shape index (κ2) is 5.63. The minimum Gasteiger partial charge on any atom is -0.393 e. The Bertz CT molecular complexity index is 430. The zero-order valence-electron chi connectivity index (χ0n) is 14.4. The van der Waals surface area contributed by atoms with E-state index in [0.717, 1.165) is 32.1 Å². The van der Waals surface area contributed by atoms with E-state index in [-0.39, 0.29) is 11.5 Å². The molecule has 4 aliphatic rings. The highest BCUT2D eigenvalue weighted by Crippen LogP contribution is 2.60. The van der Waals surface area contributed by atoms with Gasteiger partial charge in [-0.15, -0.1) is 0 Å². The summed E-state index contributed by atoms with van der Waals surface area (Å²) in [6.07, 6.45) is 2.75. The molecule has 134 valence electrons. The van der Waals surface area contributed by atoms with Crippen LogP contribution in [0.1, 0.15) is 59.3 Å². The molecule has 0 aromatic rings. The summed E-state index contributed by atoms with van der Waals surface area (Å²) in [6.45, 7) is 4.76. The van der Waals surface area contributed by atoms with Gasteiger partial charge in [-0.1, -0.05) is 20.8 Å². The molecule has 5 heteroatoms. The maximum atomic E-state index is 14.0. The van der Waals surface area contributed by atoms with Crippen molar-refractivity contribution in [3.05, 3.63) is 0 Å². The smallest absolute Gasteiger partial charge is 0.257 e.